The molecule has 4 fully saturated rings. The van der Waals surface area contributed by atoms with Crippen LogP contribution in [-0.2, 0) is 0 Å². The van der Waals surface area contributed by atoms with E-state index in [2.05, 4.69) is 101 Å². The van der Waals surface area contributed by atoms with E-state index < -0.39 is 8.07 Å². The van der Waals surface area contributed by atoms with Crippen molar-refractivity contribution >= 4 is 8.07 Å². The molecule has 0 nitrogen and oxygen atoms in total. The number of benzene rings is 2. The fraction of sp³-hybridized carbons (Fsp3) is 0.667. The van der Waals surface area contributed by atoms with Gasteiger partial charge in [0.05, 0.1) is 8.07 Å². The van der Waals surface area contributed by atoms with Gasteiger partial charge in [0.25, 0.3) is 0 Å². The van der Waals surface area contributed by atoms with Gasteiger partial charge in [0, 0.05) is 0 Å². The fourth-order valence-electron chi connectivity index (χ4n) is 11.9. The first-order valence-electron chi connectivity index (χ1n) is 15.9. The second kappa shape index (κ2) is 10.00. The van der Waals surface area contributed by atoms with Gasteiger partial charge >= 0.3 is 0 Å². The Hall–Kier alpha value is -1.34. The average Bonchev–Trinajstić information content (AvgIpc) is 3.41. The Balaban J connectivity index is 1.30. The van der Waals surface area contributed by atoms with Crippen LogP contribution in [0.25, 0.3) is 0 Å². The van der Waals surface area contributed by atoms with Crippen LogP contribution in [0.3, 0.4) is 0 Å². The molecule has 0 spiro atoms. The van der Waals surface area contributed by atoms with Crippen LogP contribution in [0.5, 0.6) is 0 Å². The van der Waals surface area contributed by atoms with Crippen LogP contribution in [0.1, 0.15) is 89.2 Å². The summed E-state index contributed by atoms with van der Waals surface area (Å²) in [5.74, 6) is 8.81. The van der Waals surface area contributed by atoms with Gasteiger partial charge in [-0.05, 0) is 120 Å². The summed E-state index contributed by atoms with van der Waals surface area (Å²) in [4.78, 5) is 0. The van der Waals surface area contributed by atoms with E-state index in [4.69, 9.17) is 0 Å². The summed E-state index contributed by atoms with van der Waals surface area (Å²) >= 11 is 0. The molecule has 6 rings (SSSR count). The summed E-state index contributed by atoms with van der Waals surface area (Å²) in [6, 6.07) is 23.3. The average molecular weight is 513 g/mol. The minimum Gasteiger partial charge on any atom is -0.0689 e. The van der Waals surface area contributed by atoms with Crippen molar-refractivity contribution in [2.75, 3.05) is 0 Å². The zero-order chi connectivity index (χ0) is 25.9. The quantitative estimate of drug-likeness (QED) is 0.357. The first-order chi connectivity index (χ1) is 17.8. The maximum absolute atomic E-state index is 2.88. The number of rotatable bonds is 4. The Morgan fingerprint density at radius 2 is 0.865 bits per heavy atom. The second-order valence-corrected chi connectivity index (χ2v) is 19.9. The van der Waals surface area contributed by atoms with Gasteiger partial charge in [0.15, 0.2) is 0 Å². The zero-order valence-corrected chi connectivity index (χ0v) is 25.4. The Labute approximate surface area is 229 Å². The monoisotopic (exact) mass is 512 g/mol. The van der Waals surface area contributed by atoms with Crippen LogP contribution in [0.15, 0.2) is 60.7 Å². The minimum atomic E-state index is -1.48. The van der Waals surface area contributed by atoms with Gasteiger partial charge in [0.2, 0.25) is 0 Å². The largest absolute Gasteiger partial charge is 0.0689 e. The van der Waals surface area contributed by atoms with E-state index in [0.717, 1.165) is 70.3 Å². The molecular weight excluding hydrogens is 460 g/mol. The van der Waals surface area contributed by atoms with Gasteiger partial charge in [-0.3, -0.25) is 0 Å². The lowest BCUT2D eigenvalue weighted by atomic mass is 9.66. The predicted molar refractivity (Wildman–Crippen MR) is 162 cm³/mol. The van der Waals surface area contributed by atoms with Crippen LogP contribution in [0, 0.1) is 47.3 Å². The summed E-state index contributed by atoms with van der Waals surface area (Å²) < 4.78 is 0. The van der Waals surface area contributed by atoms with E-state index in [9.17, 15) is 0 Å². The molecule has 200 valence electrons. The van der Waals surface area contributed by atoms with E-state index in [1.807, 2.05) is 0 Å². The fourth-order valence-corrected chi connectivity index (χ4v) is 18.6. The van der Waals surface area contributed by atoms with E-state index in [0.29, 0.717) is 0 Å². The first kappa shape index (κ1) is 25.9. The van der Waals surface area contributed by atoms with Crippen LogP contribution < -0.4 is 0 Å². The van der Waals surface area contributed by atoms with Crippen LogP contribution in [0.4, 0.5) is 0 Å². The maximum Gasteiger partial charge on any atom is 0.0546 e. The molecule has 12 unspecified atom stereocenters. The molecule has 0 amide bonds. The molecule has 0 radical (unpaired) electrons. The van der Waals surface area contributed by atoms with Gasteiger partial charge in [-0.2, -0.15) is 0 Å². The van der Waals surface area contributed by atoms with Gasteiger partial charge in [-0.1, -0.05) is 101 Å². The lowest BCUT2D eigenvalue weighted by Gasteiger charge is -2.50. The molecule has 12 atom stereocenters. The van der Waals surface area contributed by atoms with Gasteiger partial charge in [-0.25, -0.2) is 0 Å². The molecule has 2 aromatic rings. The molecule has 4 saturated carbocycles. The Bertz CT molecular complexity index is 959. The maximum atomic E-state index is 2.88. The molecule has 0 aromatic heterocycles. The van der Waals surface area contributed by atoms with Crippen molar-refractivity contribution in [3.63, 3.8) is 0 Å². The SMILES string of the molecule is CC1CCC2C(CC(C)C2[Si](C)(C)C2C(C)CC3C2CCC(C)C3c2ccccc2)C1c1ccccc1. The normalized spacial score (nSPS) is 43.8. The van der Waals surface area contributed by atoms with Crippen molar-refractivity contribution in [3.8, 4) is 0 Å². The van der Waals surface area contributed by atoms with Crippen molar-refractivity contribution in [2.24, 2.45) is 47.3 Å². The molecule has 0 N–H and O–H groups in total. The lowest BCUT2D eigenvalue weighted by Crippen LogP contribution is -2.47. The number of fused-ring (bicyclic) bond motifs is 2. The van der Waals surface area contributed by atoms with E-state index in [1.54, 1.807) is 11.1 Å². The molecular formula is C36H52Si. The Morgan fingerprint density at radius 3 is 1.24 bits per heavy atom. The summed E-state index contributed by atoms with van der Waals surface area (Å²) in [5, 5.41) is 0. The van der Waals surface area contributed by atoms with Crippen LogP contribution in [-0.4, -0.2) is 8.07 Å². The summed E-state index contributed by atoms with van der Waals surface area (Å²) in [7, 11) is -1.48. The van der Waals surface area contributed by atoms with Gasteiger partial charge in [0.1, 0.15) is 0 Å². The molecule has 1 heteroatoms. The highest BCUT2D eigenvalue weighted by atomic mass is 28.3. The van der Waals surface area contributed by atoms with Gasteiger partial charge in [-0.15, -0.1) is 0 Å². The predicted octanol–water partition coefficient (Wildman–Crippen LogP) is 10.4. The highest BCUT2D eigenvalue weighted by Gasteiger charge is 2.60. The van der Waals surface area contributed by atoms with Crippen molar-refractivity contribution < 1.29 is 0 Å². The summed E-state index contributed by atoms with van der Waals surface area (Å²) in [5.41, 5.74) is 5.30. The minimum absolute atomic E-state index is 0.781. The highest BCUT2D eigenvalue weighted by molar-refractivity contribution is 6.80. The standard InChI is InChI=1S/C36H52Si/c1-23-17-19-29-31(33(23)27-13-9-7-10-14-27)21-25(3)35(29)37(5,6)36-26(4)22-32-30(36)20-18-24(2)34(32)28-15-11-8-12-16-28/h7-16,23-26,29-36H,17-22H2,1-6H3. The van der Waals surface area contributed by atoms with Crippen LogP contribution in [0.2, 0.25) is 24.2 Å². The second-order valence-electron chi connectivity index (χ2n) is 14.9. The Kier molecular flexibility index (Phi) is 7.00. The van der Waals surface area contributed by atoms with E-state index in [1.165, 1.54) is 38.5 Å². The molecule has 4 aliphatic rings. The molecule has 0 saturated heterocycles. The van der Waals surface area contributed by atoms with Crippen molar-refractivity contribution in [3.05, 3.63) is 71.8 Å². The number of hydrogen-bond acceptors (Lipinski definition) is 0. The Morgan fingerprint density at radius 1 is 0.486 bits per heavy atom. The summed E-state index contributed by atoms with van der Waals surface area (Å²) in [6.07, 6.45) is 8.84. The summed E-state index contributed by atoms with van der Waals surface area (Å²) in [6.45, 7) is 16.2. The molecule has 0 heterocycles. The van der Waals surface area contributed by atoms with Gasteiger partial charge < -0.3 is 0 Å². The first-order valence-corrected chi connectivity index (χ1v) is 19.0. The third kappa shape index (κ3) is 4.31. The van der Waals surface area contributed by atoms with Crippen molar-refractivity contribution in [1.29, 1.82) is 0 Å². The van der Waals surface area contributed by atoms with E-state index >= 15 is 0 Å². The number of hydrogen-bond donors (Lipinski definition) is 0. The zero-order valence-electron chi connectivity index (χ0n) is 24.4. The van der Waals surface area contributed by atoms with Crippen LogP contribution >= 0.6 is 0 Å². The van der Waals surface area contributed by atoms with E-state index in [-0.39, 0.29) is 0 Å². The van der Waals surface area contributed by atoms with Crippen molar-refractivity contribution in [2.45, 2.75) is 102 Å². The molecule has 2 aromatic carbocycles. The third-order valence-corrected chi connectivity index (χ3v) is 18.1. The lowest BCUT2D eigenvalue weighted by molar-refractivity contribution is 0.171. The molecule has 0 bridgehead atoms. The smallest absolute Gasteiger partial charge is 0.0546 e. The molecule has 0 aliphatic heterocycles. The topological polar surface area (TPSA) is 0 Å². The third-order valence-electron chi connectivity index (χ3n) is 12.7. The molecule has 37 heavy (non-hydrogen) atoms. The van der Waals surface area contributed by atoms with Crippen molar-refractivity contribution in [1.82, 2.24) is 0 Å². The highest BCUT2D eigenvalue weighted by Crippen LogP contribution is 2.68. The molecule has 4 aliphatic carbocycles.